The molecule has 3 aromatic rings. The first kappa shape index (κ1) is 11.9. The molecule has 0 saturated carbocycles. The number of H-pyrrole nitrogens is 1. The molecule has 0 bridgehead atoms. The number of rotatable bonds is 2. The third-order valence-electron chi connectivity index (χ3n) is 2.99. The fourth-order valence-electron chi connectivity index (χ4n) is 2.15. The zero-order valence-corrected chi connectivity index (χ0v) is 11.4. The Kier molecular flexibility index (Phi) is 2.83. The van der Waals surface area contributed by atoms with Gasteiger partial charge in [-0.05, 0) is 18.2 Å². The molecule has 1 aromatic carbocycles. The van der Waals surface area contributed by atoms with E-state index in [9.17, 15) is 4.79 Å². The van der Waals surface area contributed by atoms with Gasteiger partial charge in [0.25, 0.3) is 5.91 Å². The van der Waals surface area contributed by atoms with E-state index < -0.39 is 5.91 Å². The fraction of sp³-hybridized carbons (Fsp3) is 0. The third-order valence-corrected chi connectivity index (χ3v) is 3.45. The Morgan fingerprint density at radius 2 is 2.21 bits per heavy atom. The Morgan fingerprint density at radius 3 is 2.89 bits per heavy atom. The van der Waals surface area contributed by atoms with E-state index in [-0.39, 0.29) is 0 Å². The largest absolute Gasteiger partial charge is 0.366 e. The fourth-order valence-corrected chi connectivity index (χ4v) is 2.61. The first-order chi connectivity index (χ1) is 9.16. The SMILES string of the molecule is NC(=O)c1cc(Br)cc2c(-c3cccnc3)c[nH]c12. The van der Waals surface area contributed by atoms with Crippen molar-refractivity contribution in [3.8, 4) is 11.1 Å². The van der Waals surface area contributed by atoms with E-state index in [2.05, 4.69) is 25.9 Å². The molecule has 0 aliphatic rings. The summed E-state index contributed by atoms with van der Waals surface area (Å²) in [6.45, 7) is 0. The lowest BCUT2D eigenvalue weighted by molar-refractivity contribution is 0.100. The van der Waals surface area contributed by atoms with Crippen LogP contribution in [0.15, 0.2) is 47.3 Å². The third kappa shape index (κ3) is 2.02. The van der Waals surface area contributed by atoms with Crippen molar-refractivity contribution >= 4 is 32.7 Å². The number of aromatic nitrogens is 2. The number of carbonyl (C=O) groups excluding carboxylic acids is 1. The highest BCUT2D eigenvalue weighted by Crippen LogP contribution is 2.32. The first-order valence-electron chi connectivity index (χ1n) is 5.67. The van der Waals surface area contributed by atoms with E-state index in [0.29, 0.717) is 5.56 Å². The molecule has 5 heteroatoms. The lowest BCUT2D eigenvalue weighted by Crippen LogP contribution is -2.11. The Bertz CT molecular complexity index is 765. The zero-order chi connectivity index (χ0) is 13.4. The van der Waals surface area contributed by atoms with E-state index in [4.69, 9.17) is 5.73 Å². The number of fused-ring (bicyclic) bond motifs is 1. The maximum atomic E-state index is 11.5. The molecule has 3 N–H and O–H groups in total. The normalized spacial score (nSPS) is 10.8. The van der Waals surface area contributed by atoms with Crippen molar-refractivity contribution in [1.29, 1.82) is 0 Å². The molecule has 0 radical (unpaired) electrons. The van der Waals surface area contributed by atoms with E-state index in [0.717, 1.165) is 26.5 Å². The highest BCUT2D eigenvalue weighted by molar-refractivity contribution is 9.10. The molecule has 0 atom stereocenters. The highest BCUT2D eigenvalue weighted by atomic mass is 79.9. The number of primary amides is 1. The standard InChI is InChI=1S/C14H10BrN3O/c15-9-4-10-12(8-2-1-3-17-6-8)7-18-13(10)11(5-9)14(16)19/h1-7,18H,(H2,16,19). The van der Waals surface area contributed by atoms with Crippen LogP contribution in [-0.4, -0.2) is 15.9 Å². The molecule has 0 spiro atoms. The second-order valence-corrected chi connectivity index (χ2v) is 5.10. The minimum Gasteiger partial charge on any atom is -0.366 e. The summed E-state index contributed by atoms with van der Waals surface area (Å²) in [7, 11) is 0. The second kappa shape index (κ2) is 4.51. The van der Waals surface area contributed by atoms with Gasteiger partial charge in [-0.3, -0.25) is 9.78 Å². The van der Waals surface area contributed by atoms with Crippen LogP contribution in [0.1, 0.15) is 10.4 Å². The van der Waals surface area contributed by atoms with Gasteiger partial charge in [-0.2, -0.15) is 0 Å². The van der Waals surface area contributed by atoms with Crippen molar-refractivity contribution in [2.75, 3.05) is 0 Å². The van der Waals surface area contributed by atoms with Crippen LogP contribution in [0.2, 0.25) is 0 Å². The molecule has 94 valence electrons. The summed E-state index contributed by atoms with van der Waals surface area (Å²) in [5.74, 6) is -0.453. The summed E-state index contributed by atoms with van der Waals surface area (Å²) in [5, 5.41) is 0.941. The molecule has 0 aliphatic heterocycles. The zero-order valence-electron chi connectivity index (χ0n) is 9.85. The van der Waals surface area contributed by atoms with Crippen molar-refractivity contribution in [1.82, 2.24) is 9.97 Å². The van der Waals surface area contributed by atoms with Gasteiger partial charge in [0.15, 0.2) is 0 Å². The maximum absolute atomic E-state index is 11.5. The van der Waals surface area contributed by atoms with Crippen LogP contribution < -0.4 is 5.73 Å². The van der Waals surface area contributed by atoms with E-state index in [1.807, 2.05) is 24.4 Å². The number of pyridine rings is 1. The average molecular weight is 316 g/mol. The van der Waals surface area contributed by atoms with E-state index in [1.165, 1.54) is 0 Å². The first-order valence-corrected chi connectivity index (χ1v) is 6.47. The van der Waals surface area contributed by atoms with Crippen molar-refractivity contribution in [3.05, 3.63) is 52.9 Å². The Balaban J connectivity index is 2.32. The van der Waals surface area contributed by atoms with Crippen LogP contribution in [0.5, 0.6) is 0 Å². The van der Waals surface area contributed by atoms with Crippen molar-refractivity contribution < 1.29 is 4.79 Å². The number of halogens is 1. The van der Waals surface area contributed by atoms with Crippen LogP contribution >= 0.6 is 15.9 Å². The van der Waals surface area contributed by atoms with Gasteiger partial charge >= 0.3 is 0 Å². The summed E-state index contributed by atoms with van der Waals surface area (Å²) in [6, 6.07) is 7.52. The number of nitrogens with zero attached hydrogens (tertiary/aromatic N) is 1. The quantitative estimate of drug-likeness (QED) is 0.762. The molecular formula is C14H10BrN3O. The number of aromatic amines is 1. The minimum atomic E-state index is -0.453. The summed E-state index contributed by atoms with van der Waals surface area (Å²) in [4.78, 5) is 18.7. The van der Waals surface area contributed by atoms with Gasteiger partial charge in [0.1, 0.15) is 0 Å². The van der Waals surface area contributed by atoms with Gasteiger partial charge in [0.05, 0.1) is 11.1 Å². The highest BCUT2D eigenvalue weighted by Gasteiger charge is 2.13. The van der Waals surface area contributed by atoms with Crippen LogP contribution in [0.3, 0.4) is 0 Å². The summed E-state index contributed by atoms with van der Waals surface area (Å²) in [5.41, 5.74) is 8.60. The van der Waals surface area contributed by atoms with Crippen LogP contribution in [0.25, 0.3) is 22.0 Å². The van der Waals surface area contributed by atoms with Gasteiger partial charge in [0.2, 0.25) is 0 Å². The molecule has 0 aliphatic carbocycles. The number of hydrogen-bond acceptors (Lipinski definition) is 2. The Hall–Kier alpha value is -2.14. The Labute approximate surface area is 117 Å². The molecule has 0 saturated heterocycles. The van der Waals surface area contributed by atoms with Crippen molar-refractivity contribution in [3.63, 3.8) is 0 Å². The second-order valence-electron chi connectivity index (χ2n) is 4.18. The van der Waals surface area contributed by atoms with Gasteiger partial charge in [-0.25, -0.2) is 0 Å². The summed E-state index contributed by atoms with van der Waals surface area (Å²) < 4.78 is 0.818. The predicted octanol–water partition coefficient (Wildman–Crippen LogP) is 3.09. The van der Waals surface area contributed by atoms with Crippen LogP contribution in [0.4, 0.5) is 0 Å². The average Bonchev–Trinajstić information content (AvgIpc) is 2.82. The number of amides is 1. The van der Waals surface area contributed by atoms with E-state index >= 15 is 0 Å². The summed E-state index contributed by atoms with van der Waals surface area (Å²) in [6.07, 6.45) is 5.37. The minimum absolute atomic E-state index is 0.453. The van der Waals surface area contributed by atoms with Gasteiger partial charge in [-0.1, -0.05) is 22.0 Å². The number of nitrogens with one attached hydrogen (secondary N) is 1. The number of hydrogen-bond donors (Lipinski definition) is 2. The molecule has 4 nitrogen and oxygen atoms in total. The van der Waals surface area contributed by atoms with Crippen LogP contribution in [0, 0.1) is 0 Å². The monoisotopic (exact) mass is 315 g/mol. The van der Waals surface area contributed by atoms with Gasteiger partial charge < -0.3 is 10.7 Å². The Morgan fingerprint density at radius 1 is 1.37 bits per heavy atom. The number of benzene rings is 1. The molecule has 0 unspecified atom stereocenters. The molecule has 2 aromatic heterocycles. The topological polar surface area (TPSA) is 71.8 Å². The van der Waals surface area contributed by atoms with Crippen LogP contribution in [-0.2, 0) is 0 Å². The number of nitrogens with two attached hydrogens (primary N) is 1. The lowest BCUT2D eigenvalue weighted by Gasteiger charge is -2.02. The predicted molar refractivity (Wildman–Crippen MR) is 77.7 cm³/mol. The van der Waals surface area contributed by atoms with Gasteiger partial charge in [-0.15, -0.1) is 0 Å². The van der Waals surface area contributed by atoms with Gasteiger partial charge in [0, 0.05) is 39.6 Å². The molecule has 3 rings (SSSR count). The maximum Gasteiger partial charge on any atom is 0.250 e. The molecule has 2 heterocycles. The molecular weight excluding hydrogens is 306 g/mol. The molecule has 1 amide bonds. The van der Waals surface area contributed by atoms with Crippen molar-refractivity contribution in [2.45, 2.75) is 0 Å². The van der Waals surface area contributed by atoms with Crippen molar-refractivity contribution in [2.24, 2.45) is 5.73 Å². The summed E-state index contributed by atoms with van der Waals surface area (Å²) >= 11 is 3.41. The van der Waals surface area contributed by atoms with E-state index in [1.54, 1.807) is 18.5 Å². The molecule has 19 heavy (non-hydrogen) atoms. The number of carbonyl (C=O) groups is 1. The lowest BCUT2D eigenvalue weighted by atomic mass is 10.0. The molecule has 0 fully saturated rings. The smallest absolute Gasteiger partial charge is 0.250 e.